The van der Waals surface area contributed by atoms with Gasteiger partial charge < -0.3 is 22.4 Å². The molecule has 0 bridgehead atoms. The lowest BCUT2D eigenvalue weighted by molar-refractivity contribution is -0.150. The molecule has 28 heavy (non-hydrogen) atoms. The summed E-state index contributed by atoms with van der Waals surface area (Å²) in [6, 6.07) is 0. The van der Waals surface area contributed by atoms with E-state index in [1.165, 1.54) is 0 Å². The molecule has 6 nitrogen and oxygen atoms in total. The summed E-state index contributed by atoms with van der Waals surface area (Å²) in [4.78, 5) is 12.8. The summed E-state index contributed by atoms with van der Waals surface area (Å²) in [5.74, 6) is -0.340. The molecule has 1 aliphatic rings. The molecule has 0 amide bonds. The van der Waals surface area contributed by atoms with E-state index in [4.69, 9.17) is 22.4 Å². The molecular formula is C18H42O6Si4. The monoisotopic (exact) mass is 466 g/mol. The van der Waals surface area contributed by atoms with E-state index >= 15 is 0 Å². The number of cyclic esters (lactones) is 1. The van der Waals surface area contributed by atoms with Crippen molar-refractivity contribution in [1.29, 1.82) is 0 Å². The Morgan fingerprint density at radius 3 is 1.68 bits per heavy atom. The van der Waals surface area contributed by atoms with Gasteiger partial charge in [-0.05, 0) is 78.6 Å². The maximum absolute atomic E-state index is 12.8. The highest BCUT2D eigenvalue weighted by Crippen LogP contribution is 2.31. The largest absolute Gasteiger partial charge is 0.455 e. The van der Waals surface area contributed by atoms with Crippen LogP contribution in [0.3, 0.4) is 0 Å². The summed E-state index contributed by atoms with van der Waals surface area (Å²) in [6.45, 7) is 25.8. The molecule has 0 aromatic rings. The number of hydrogen-bond donors (Lipinski definition) is 0. The van der Waals surface area contributed by atoms with E-state index in [0.29, 0.717) is 6.61 Å². The Balaban J connectivity index is 3.20. The van der Waals surface area contributed by atoms with Crippen LogP contribution in [0.1, 0.15) is 0 Å². The Morgan fingerprint density at radius 2 is 1.29 bits per heavy atom. The van der Waals surface area contributed by atoms with Gasteiger partial charge in [0.05, 0.1) is 6.61 Å². The van der Waals surface area contributed by atoms with Crippen LogP contribution in [-0.4, -0.2) is 70.3 Å². The molecule has 0 unspecified atom stereocenters. The zero-order chi connectivity index (χ0) is 22.1. The van der Waals surface area contributed by atoms with Gasteiger partial charge in [0.1, 0.15) is 12.2 Å². The molecule has 0 saturated carbocycles. The highest BCUT2D eigenvalue weighted by atomic mass is 28.4. The fourth-order valence-electron chi connectivity index (χ4n) is 2.88. The van der Waals surface area contributed by atoms with Crippen LogP contribution in [0.15, 0.2) is 0 Å². The van der Waals surface area contributed by atoms with Crippen LogP contribution in [0.25, 0.3) is 0 Å². The third-order valence-electron chi connectivity index (χ3n) is 3.63. The lowest BCUT2D eigenvalue weighted by Crippen LogP contribution is -2.53. The van der Waals surface area contributed by atoms with Gasteiger partial charge in [-0.2, -0.15) is 0 Å². The first-order chi connectivity index (χ1) is 12.3. The molecule has 4 atom stereocenters. The van der Waals surface area contributed by atoms with Crippen molar-refractivity contribution in [3.8, 4) is 0 Å². The van der Waals surface area contributed by atoms with Crippen molar-refractivity contribution in [2.24, 2.45) is 0 Å². The zero-order valence-corrected chi connectivity index (χ0v) is 24.0. The van der Waals surface area contributed by atoms with E-state index in [1.54, 1.807) is 0 Å². The van der Waals surface area contributed by atoms with Crippen LogP contribution < -0.4 is 0 Å². The van der Waals surface area contributed by atoms with Gasteiger partial charge in [0, 0.05) is 0 Å². The van der Waals surface area contributed by atoms with E-state index in [9.17, 15) is 4.79 Å². The second-order valence-electron chi connectivity index (χ2n) is 11.4. The van der Waals surface area contributed by atoms with Gasteiger partial charge in [-0.1, -0.05) is 0 Å². The first-order valence-electron chi connectivity index (χ1n) is 10.2. The standard InChI is InChI=1S/C18H42O6Si4/c1-25(2,3)20-13-14(22-26(4,5)6)15-16(23-27(7,8)9)17(18(19)21-15)24-28(10,11)12/h14-17H,13H2,1-12H3/t14-,15+,16+,17-/m1/s1. The van der Waals surface area contributed by atoms with Crippen molar-refractivity contribution in [2.75, 3.05) is 6.61 Å². The van der Waals surface area contributed by atoms with Gasteiger partial charge >= 0.3 is 5.97 Å². The van der Waals surface area contributed by atoms with Crippen molar-refractivity contribution in [3.05, 3.63) is 0 Å². The molecule has 1 fully saturated rings. The second-order valence-corrected chi connectivity index (χ2v) is 29.3. The van der Waals surface area contributed by atoms with Crippen molar-refractivity contribution in [3.63, 3.8) is 0 Å². The molecule has 0 aromatic carbocycles. The molecule has 0 aliphatic carbocycles. The predicted molar refractivity (Wildman–Crippen MR) is 124 cm³/mol. The maximum atomic E-state index is 12.8. The quantitative estimate of drug-likeness (QED) is 0.351. The summed E-state index contributed by atoms with van der Waals surface area (Å²) in [7, 11) is -7.56. The first-order valence-corrected chi connectivity index (χ1v) is 23.8. The van der Waals surface area contributed by atoms with E-state index in [2.05, 4.69) is 78.6 Å². The normalized spacial score (nSPS) is 25.7. The summed E-state index contributed by atoms with van der Waals surface area (Å²) in [5, 5.41) is 0. The number of rotatable bonds is 10. The molecule has 0 N–H and O–H groups in total. The summed E-state index contributed by atoms with van der Waals surface area (Å²) in [6.07, 6.45) is -2.01. The molecule has 1 heterocycles. The van der Waals surface area contributed by atoms with Gasteiger partial charge in [0.2, 0.25) is 0 Å². The molecular weight excluding hydrogens is 425 g/mol. The van der Waals surface area contributed by atoms with Crippen molar-refractivity contribution in [2.45, 2.75) is 103 Å². The van der Waals surface area contributed by atoms with Crippen molar-refractivity contribution in [1.82, 2.24) is 0 Å². The SMILES string of the molecule is C[Si](C)(C)OC[C@@H](O[Si](C)(C)C)[C@@H]1OC(=O)[C@H](O[Si](C)(C)C)[C@H]1O[Si](C)(C)C. The van der Waals surface area contributed by atoms with Crippen LogP contribution in [0.5, 0.6) is 0 Å². The predicted octanol–water partition coefficient (Wildman–Crippen LogP) is 4.42. The maximum Gasteiger partial charge on any atom is 0.337 e. The zero-order valence-electron chi connectivity index (χ0n) is 20.0. The second kappa shape index (κ2) is 9.12. The average Bonchev–Trinajstić information content (AvgIpc) is 2.66. The Bertz CT molecular complexity index is 530. The minimum atomic E-state index is -1.96. The smallest absolute Gasteiger partial charge is 0.337 e. The third kappa shape index (κ3) is 9.79. The van der Waals surface area contributed by atoms with Gasteiger partial charge in [-0.15, -0.1) is 0 Å². The molecule has 1 rings (SSSR count). The molecule has 166 valence electrons. The summed E-state index contributed by atoms with van der Waals surface area (Å²) in [5.41, 5.74) is 0. The fraction of sp³-hybridized carbons (Fsp3) is 0.944. The van der Waals surface area contributed by atoms with E-state index in [0.717, 1.165) is 0 Å². The minimum absolute atomic E-state index is 0.340. The Hall–Kier alpha value is 0.178. The molecule has 0 aromatic heterocycles. The van der Waals surface area contributed by atoms with E-state index < -0.39 is 51.6 Å². The molecule has 0 spiro atoms. The minimum Gasteiger partial charge on any atom is -0.455 e. The number of esters is 1. The Kier molecular flexibility index (Phi) is 8.54. The number of hydrogen-bond acceptors (Lipinski definition) is 6. The van der Waals surface area contributed by atoms with Crippen molar-refractivity contribution < 1.29 is 27.2 Å². The third-order valence-corrected chi connectivity index (χ3v) is 7.61. The fourth-order valence-corrected chi connectivity index (χ4v) is 6.72. The Morgan fingerprint density at radius 1 is 0.786 bits per heavy atom. The number of carbonyl (C=O) groups is 1. The van der Waals surface area contributed by atoms with Gasteiger partial charge in [-0.25, -0.2) is 4.79 Å². The highest BCUT2D eigenvalue weighted by Gasteiger charge is 2.53. The topological polar surface area (TPSA) is 63.2 Å². The number of ether oxygens (including phenoxy) is 1. The lowest BCUT2D eigenvalue weighted by atomic mass is 10.1. The number of carbonyl (C=O) groups excluding carboxylic acids is 1. The lowest BCUT2D eigenvalue weighted by Gasteiger charge is -2.36. The Labute approximate surface area is 176 Å². The van der Waals surface area contributed by atoms with Gasteiger partial charge in [-0.3, -0.25) is 0 Å². The molecule has 1 saturated heterocycles. The first kappa shape index (κ1) is 26.2. The van der Waals surface area contributed by atoms with Crippen LogP contribution in [0.2, 0.25) is 78.6 Å². The van der Waals surface area contributed by atoms with E-state index in [-0.39, 0.29) is 12.1 Å². The van der Waals surface area contributed by atoms with Crippen LogP contribution >= 0.6 is 0 Å². The van der Waals surface area contributed by atoms with Gasteiger partial charge in [0.15, 0.2) is 45.5 Å². The van der Waals surface area contributed by atoms with E-state index in [1.807, 2.05) is 0 Å². The summed E-state index contributed by atoms with van der Waals surface area (Å²) >= 11 is 0. The average molecular weight is 467 g/mol. The van der Waals surface area contributed by atoms with Crippen molar-refractivity contribution >= 4 is 39.2 Å². The van der Waals surface area contributed by atoms with Gasteiger partial charge in [0.25, 0.3) is 0 Å². The summed E-state index contributed by atoms with van der Waals surface area (Å²) < 4.78 is 31.1. The van der Waals surface area contributed by atoms with Crippen LogP contribution in [0.4, 0.5) is 0 Å². The molecule has 1 aliphatic heterocycles. The molecule has 0 radical (unpaired) electrons. The highest BCUT2D eigenvalue weighted by molar-refractivity contribution is 6.71. The van der Waals surface area contributed by atoms with Crippen LogP contribution in [-0.2, 0) is 27.2 Å². The van der Waals surface area contributed by atoms with Crippen LogP contribution in [0, 0.1) is 0 Å². The molecule has 10 heteroatoms.